The molecule has 0 unspecified atom stereocenters. The smallest absolute Gasteiger partial charge is 0.312 e. The molecule has 0 amide bonds. The Labute approximate surface area is 129 Å². The quantitative estimate of drug-likeness (QED) is 0.703. The fourth-order valence-corrected chi connectivity index (χ4v) is 16.5. The summed E-state index contributed by atoms with van der Waals surface area (Å²) in [5.74, 6) is 0. The first kappa shape index (κ1) is 20.1. The van der Waals surface area contributed by atoms with Gasteiger partial charge in [0, 0.05) is 29.6 Å². The van der Waals surface area contributed by atoms with E-state index >= 15 is 0 Å². The van der Waals surface area contributed by atoms with Crippen LogP contribution >= 0.6 is 0 Å². The molecule has 0 bridgehead atoms. The maximum absolute atomic E-state index is 6.14. The summed E-state index contributed by atoms with van der Waals surface area (Å²) in [4.78, 5) is 0. The van der Waals surface area contributed by atoms with Gasteiger partial charge in [0.15, 0.2) is 8.32 Å². The predicted molar refractivity (Wildman–Crippen MR) is 81.7 cm³/mol. The maximum Gasteiger partial charge on any atom is 0.312 e. The molecule has 0 atom stereocenters. The zero-order chi connectivity index (χ0) is 12.3. The van der Waals surface area contributed by atoms with Crippen molar-refractivity contribution in [3.05, 3.63) is 0 Å². The molecule has 3 nitrogen and oxygen atoms in total. The summed E-state index contributed by atoms with van der Waals surface area (Å²) < 4.78 is 18.1. The number of hydrogen-bond donors (Lipinski definition) is 0. The molecular formula is C8H26NaO3Si4. The molecule has 0 rings (SSSR count). The van der Waals surface area contributed by atoms with Crippen LogP contribution < -0.4 is 0 Å². The van der Waals surface area contributed by atoms with Crippen molar-refractivity contribution in [1.29, 1.82) is 0 Å². The topological polar surface area (TPSA) is 27.7 Å². The summed E-state index contributed by atoms with van der Waals surface area (Å²) >= 11 is 0. The molecule has 0 aliphatic rings. The molecule has 0 heterocycles. The van der Waals surface area contributed by atoms with E-state index < -0.39 is 25.4 Å². The van der Waals surface area contributed by atoms with Crippen molar-refractivity contribution in [2.24, 2.45) is 0 Å². The van der Waals surface area contributed by atoms with E-state index in [4.69, 9.17) is 12.3 Å². The van der Waals surface area contributed by atoms with Crippen LogP contribution in [0.5, 0.6) is 0 Å². The molecule has 8 heteroatoms. The molecule has 0 aromatic carbocycles. The molecule has 16 heavy (non-hydrogen) atoms. The molecule has 93 valence electrons. The van der Waals surface area contributed by atoms with Crippen LogP contribution in [0.15, 0.2) is 0 Å². The third kappa shape index (κ3) is 10.9. The first-order valence-electron chi connectivity index (χ1n) is 5.52. The van der Waals surface area contributed by atoms with Crippen LogP contribution in [0.25, 0.3) is 0 Å². The van der Waals surface area contributed by atoms with E-state index in [1.807, 2.05) is 0 Å². The molecular weight excluding hydrogens is 279 g/mol. The normalized spacial score (nSPS) is 14.2. The van der Waals surface area contributed by atoms with Crippen LogP contribution in [0.3, 0.4) is 0 Å². The molecule has 0 N–H and O–H groups in total. The Bertz CT molecular complexity index is 206. The fourth-order valence-electron chi connectivity index (χ4n) is 1.73. The fraction of sp³-hybridized carbons (Fsp3) is 1.00. The Morgan fingerprint density at radius 3 is 1.50 bits per heavy atom. The standard InChI is InChI=1S/C8H26O3Si4.Na/c1-12-9-14(5,6)11-15(7,8)10-13(2,3)4;/h12H2,1-8H3;. The minimum atomic E-state index is -1.99. The van der Waals surface area contributed by atoms with E-state index in [2.05, 4.69) is 52.4 Å². The second-order valence-corrected chi connectivity index (χ2v) is 18.7. The first-order valence-corrected chi connectivity index (χ1v) is 16.5. The van der Waals surface area contributed by atoms with Crippen LogP contribution in [0.1, 0.15) is 0 Å². The minimum absolute atomic E-state index is 0. The molecule has 0 aromatic heterocycles. The molecule has 0 fully saturated rings. The van der Waals surface area contributed by atoms with Crippen LogP contribution in [-0.2, 0) is 12.3 Å². The molecule has 0 saturated heterocycles. The van der Waals surface area contributed by atoms with Gasteiger partial charge < -0.3 is 12.3 Å². The maximum atomic E-state index is 6.14. The number of rotatable bonds is 6. The van der Waals surface area contributed by atoms with Crippen molar-refractivity contribution in [3.63, 3.8) is 0 Å². The van der Waals surface area contributed by atoms with E-state index in [1.165, 1.54) is 0 Å². The number of hydrogen-bond acceptors (Lipinski definition) is 3. The molecule has 0 spiro atoms. The Kier molecular flexibility index (Phi) is 9.24. The average molecular weight is 306 g/mol. The second-order valence-electron chi connectivity index (χ2n) is 5.55. The summed E-state index contributed by atoms with van der Waals surface area (Å²) in [7, 11) is -5.80. The SMILES string of the molecule is C[SiH2]O[Si](C)(C)O[Si](C)(C)O[Si](C)(C)C.[Na]. The molecule has 0 aliphatic heterocycles. The zero-order valence-electron chi connectivity index (χ0n) is 12.4. The largest absolute Gasteiger partial charge is 0.442 e. The van der Waals surface area contributed by atoms with Crippen molar-refractivity contribution in [2.75, 3.05) is 0 Å². The van der Waals surface area contributed by atoms with E-state index in [0.717, 1.165) is 0 Å². The van der Waals surface area contributed by atoms with Gasteiger partial charge in [-0.05, 0) is 45.8 Å². The van der Waals surface area contributed by atoms with E-state index in [0.29, 0.717) is 0 Å². The van der Waals surface area contributed by atoms with Gasteiger partial charge in [0.2, 0.25) is 0 Å². The molecule has 0 aliphatic carbocycles. The monoisotopic (exact) mass is 305 g/mol. The Morgan fingerprint density at radius 1 is 0.750 bits per heavy atom. The summed E-state index contributed by atoms with van der Waals surface area (Å²) in [6, 6.07) is 0. The average Bonchev–Trinajstić information content (AvgIpc) is 1.74. The van der Waals surface area contributed by atoms with Gasteiger partial charge in [0.1, 0.15) is 9.76 Å². The summed E-state index contributed by atoms with van der Waals surface area (Å²) in [5, 5.41) is 0. The van der Waals surface area contributed by atoms with Crippen molar-refractivity contribution in [1.82, 2.24) is 0 Å². The van der Waals surface area contributed by atoms with E-state index in [-0.39, 0.29) is 39.3 Å². The summed E-state index contributed by atoms with van der Waals surface area (Å²) in [5.41, 5.74) is 0. The van der Waals surface area contributed by atoms with Gasteiger partial charge in [0.25, 0.3) is 0 Å². The first-order chi connectivity index (χ1) is 6.47. The van der Waals surface area contributed by atoms with E-state index in [9.17, 15) is 0 Å². The molecule has 0 saturated carbocycles. The molecule has 1 radical (unpaired) electrons. The second kappa shape index (κ2) is 7.36. The van der Waals surface area contributed by atoms with Gasteiger partial charge in [-0.1, -0.05) is 6.55 Å². The zero-order valence-corrected chi connectivity index (χ0v) is 18.8. The van der Waals surface area contributed by atoms with Crippen molar-refractivity contribution >= 4 is 64.8 Å². The molecule has 0 aromatic rings. The van der Waals surface area contributed by atoms with E-state index in [1.54, 1.807) is 0 Å². The summed E-state index contributed by atoms with van der Waals surface area (Å²) in [6.45, 7) is 17.2. The third-order valence-corrected chi connectivity index (χ3v) is 13.8. The Hall–Kier alpha value is 1.75. The third-order valence-electron chi connectivity index (χ3n) is 1.54. The van der Waals surface area contributed by atoms with Gasteiger partial charge in [-0.3, -0.25) is 0 Å². The van der Waals surface area contributed by atoms with Gasteiger partial charge in [0.05, 0.1) is 0 Å². The van der Waals surface area contributed by atoms with Gasteiger partial charge in [-0.2, -0.15) is 0 Å². The summed E-state index contributed by atoms with van der Waals surface area (Å²) in [6.07, 6.45) is 0. The van der Waals surface area contributed by atoms with Crippen LogP contribution in [0, 0.1) is 0 Å². The van der Waals surface area contributed by atoms with Gasteiger partial charge in [-0.15, -0.1) is 0 Å². The Balaban J connectivity index is 0. The van der Waals surface area contributed by atoms with Crippen molar-refractivity contribution < 1.29 is 12.3 Å². The van der Waals surface area contributed by atoms with Crippen LogP contribution in [-0.4, -0.2) is 64.8 Å². The predicted octanol–water partition coefficient (Wildman–Crippen LogP) is 2.03. The Morgan fingerprint density at radius 2 is 1.19 bits per heavy atom. The van der Waals surface area contributed by atoms with Crippen LogP contribution in [0.2, 0.25) is 52.4 Å². The van der Waals surface area contributed by atoms with Crippen LogP contribution in [0.4, 0.5) is 0 Å². The van der Waals surface area contributed by atoms with Crippen molar-refractivity contribution in [3.8, 4) is 0 Å². The van der Waals surface area contributed by atoms with Gasteiger partial charge in [-0.25, -0.2) is 0 Å². The minimum Gasteiger partial charge on any atom is -0.442 e. The van der Waals surface area contributed by atoms with Gasteiger partial charge >= 0.3 is 17.1 Å². The van der Waals surface area contributed by atoms with Crippen molar-refractivity contribution in [2.45, 2.75) is 52.4 Å².